The molecule has 0 saturated heterocycles. The number of fused-ring (bicyclic) bond motifs is 5. The minimum Gasteiger partial charge on any atom is -0.381 e. The standard InChI is InChI=1S/C24H43NO/c1-5-26-15-17-6-8-19-18(14-17)7-9-21-20(19)12-13-24(3)22(16(2)25-4)10-11-23(21)24/h16-23,25H,5-15H2,1-4H3. The van der Waals surface area contributed by atoms with Gasteiger partial charge in [-0.1, -0.05) is 6.92 Å². The van der Waals surface area contributed by atoms with Gasteiger partial charge in [-0.05, 0) is 126 Å². The maximum Gasteiger partial charge on any atom is 0.0494 e. The number of ether oxygens (including phenoxy) is 1. The Bertz CT molecular complexity index is 479. The largest absolute Gasteiger partial charge is 0.381 e. The zero-order valence-corrected chi connectivity index (χ0v) is 17.8. The molecule has 4 aliphatic rings. The fourth-order valence-corrected chi connectivity index (χ4v) is 8.45. The zero-order valence-electron chi connectivity index (χ0n) is 17.8. The summed E-state index contributed by atoms with van der Waals surface area (Å²) in [4.78, 5) is 0. The molecule has 0 aromatic rings. The molecule has 0 heterocycles. The summed E-state index contributed by atoms with van der Waals surface area (Å²) >= 11 is 0. The van der Waals surface area contributed by atoms with Gasteiger partial charge in [-0.2, -0.15) is 0 Å². The Kier molecular flexibility index (Phi) is 5.73. The van der Waals surface area contributed by atoms with Gasteiger partial charge < -0.3 is 10.1 Å². The zero-order chi connectivity index (χ0) is 18.3. The molecule has 4 aliphatic carbocycles. The highest BCUT2D eigenvalue weighted by Crippen LogP contribution is 2.64. The Morgan fingerprint density at radius 1 is 1.00 bits per heavy atom. The molecular formula is C24H43NO. The fourth-order valence-electron chi connectivity index (χ4n) is 8.45. The molecular weight excluding hydrogens is 318 g/mol. The normalized spacial score (nSPS) is 49.2. The van der Waals surface area contributed by atoms with Crippen molar-refractivity contribution in [2.24, 2.45) is 46.8 Å². The van der Waals surface area contributed by atoms with Gasteiger partial charge >= 0.3 is 0 Å². The lowest BCUT2D eigenvalue weighted by Gasteiger charge is -2.56. The minimum atomic E-state index is 0.614. The van der Waals surface area contributed by atoms with Gasteiger partial charge in [0, 0.05) is 19.3 Å². The first kappa shape index (κ1) is 19.2. The molecule has 2 heteroatoms. The second-order valence-corrected chi connectivity index (χ2v) is 10.6. The smallest absolute Gasteiger partial charge is 0.0494 e. The highest BCUT2D eigenvalue weighted by molar-refractivity contribution is 5.07. The highest BCUT2D eigenvalue weighted by atomic mass is 16.5. The van der Waals surface area contributed by atoms with Crippen LogP contribution in [0, 0.1) is 46.8 Å². The molecule has 0 aromatic heterocycles. The quantitative estimate of drug-likeness (QED) is 0.696. The number of rotatable bonds is 5. The lowest BCUT2D eigenvalue weighted by Crippen LogP contribution is -2.50. The van der Waals surface area contributed by atoms with E-state index in [0.29, 0.717) is 11.5 Å². The first-order valence-corrected chi connectivity index (χ1v) is 11.8. The van der Waals surface area contributed by atoms with E-state index in [1.165, 1.54) is 57.8 Å². The van der Waals surface area contributed by atoms with Crippen LogP contribution >= 0.6 is 0 Å². The number of hydrogen-bond acceptors (Lipinski definition) is 2. The van der Waals surface area contributed by atoms with Crippen LogP contribution in [0.25, 0.3) is 0 Å². The topological polar surface area (TPSA) is 21.3 Å². The molecule has 4 saturated carbocycles. The van der Waals surface area contributed by atoms with Gasteiger partial charge in [0.15, 0.2) is 0 Å². The summed E-state index contributed by atoms with van der Waals surface area (Å²) in [5.74, 6) is 6.96. The molecule has 1 N–H and O–H groups in total. The van der Waals surface area contributed by atoms with Crippen LogP contribution in [0.15, 0.2) is 0 Å². The van der Waals surface area contributed by atoms with Gasteiger partial charge in [0.2, 0.25) is 0 Å². The van der Waals surface area contributed by atoms with Crippen molar-refractivity contribution < 1.29 is 4.74 Å². The third-order valence-corrected chi connectivity index (χ3v) is 9.75. The van der Waals surface area contributed by atoms with Gasteiger partial charge in [0.25, 0.3) is 0 Å². The molecule has 4 rings (SSSR count). The first-order valence-electron chi connectivity index (χ1n) is 11.8. The van der Waals surface area contributed by atoms with E-state index in [9.17, 15) is 0 Å². The Balaban J connectivity index is 1.44. The van der Waals surface area contributed by atoms with E-state index in [1.54, 1.807) is 0 Å². The molecule has 0 radical (unpaired) electrons. The van der Waals surface area contributed by atoms with Crippen molar-refractivity contribution in [2.75, 3.05) is 20.3 Å². The molecule has 2 nitrogen and oxygen atoms in total. The predicted molar refractivity (Wildman–Crippen MR) is 109 cm³/mol. The average Bonchev–Trinajstić information content (AvgIpc) is 3.02. The Hall–Kier alpha value is -0.0800. The van der Waals surface area contributed by atoms with E-state index in [0.717, 1.165) is 54.6 Å². The van der Waals surface area contributed by atoms with E-state index in [2.05, 4.69) is 33.1 Å². The maximum atomic E-state index is 5.77. The molecule has 4 fully saturated rings. The third kappa shape index (κ3) is 3.17. The van der Waals surface area contributed by atoms with E-state index < -0.39 is 0 Å². The van der Waals surface area contributed by atoms with Crippen molar-refractivity contribution in [1.82, 2.24) is 5.32 Å². The Morgan fingerprint density at radius 3 is 2.58 bits per heavy atom. The Labute approximate surface area is 162 Å². The molecule has 0 spiro atoms. The van der Waals surface area contributed by atoms with Gasteiger partial charge in [-0.15, -0.1) is 0 Å². The molecule has 0 bridgehead atoms. The molecule has 0 aliphatic heterocycles. The summed E-state index contributed by atoms with van der Waals surface area (Å²) in [5, 5.41) is 3.59. The summed E-state index contributed by atoms with van der Waals surface area (Å²) in [6.45, 7) is 9.16. The van der Waals surface area contributed by atoms with Gasteiger partial charge in [0.1, 0.15) is 0 Å². The first-order chi connectivity index (χ1) is 12.6. The fraction of sp³-hybridized carbons (Fsp3) is 1.00. The molecule has 0 amide bonds. The summed E-state index contributed by atoms with van der Waals surface area (Å²) < 4.78 is 5.77. The molecule has 0 aromatic carbocycles. The summed E-state index contributed by atoms with van der Waals surface area (Å²) in [5.41, 5.74) is 0.614. The van der Waals surface area contributed by atoms with Crippen LogP contribution < -0.4 is 5.32 Å². The lowest BCUT2D eigenvalue weighted by atomic mass is 9.49. The van der Waals surface area contributed by atoms with Crippen LogP contribution in [0.2, 0.25) is 0 Å². The van der Waals surface area contributed by atoms with Gasteiger partial charge in [0.05, 0.1) is 0 Å². The molecule has 9 unspecified atom stereocenters. The summed E-state index contributed by atoms with van der Waals surface area (Å²) in [7, 11) is 2.17. The summed E-state index contributed by atoms with van der Waals surface area (Å²) in [6.07, 6.45) is 13.5. The lowest BCUT2D eigenvalue weighted by molar-refractivity contribution is -0.0752. The molecule has 150 valence electrons. The molecule has 26 heavy (non-hydrogen) atoms. The van der Waals surface area contributed by atoms with Crippen LogP contribution in [-0.4, -0.2) is 26.3 Å². The van der Waals surface area contributed by atoms with Crippen LogP contribution in [0.4, 0.5) is 0 Å². The van der Waals surface area contributed by atoms with Crippen LogP contribution in [0.1, 0.15) is 78.6 Å². The average molecular weight is 362 g/mol. The van der Waals surface area contributed by atoms with Gasteiger partial charge in [-0.3, -0.25) is 0 Å². The van der Waals surface area contributed by atoms with Crippen LogP contribution in [0.3, 0.4) is 0 Å². The van der Waals surface area contributed by atoms with Crippen LogP contribution in [0.5, 0.6) is 0 Å². The van der Waals surface area contributed by atoms with E-state index in [4.69, 9.17) is 4.74 Å². The van der Waals surface area contributed by atoms with Crippen LogP contribution in [-0.2, 0) is 4.74 Å². The Morgan fingerprint density at radius 2 is 1.81 bits per heavy atom. The van der Waals surface area contributed by atoms with Gasteiger partial charge in [-0.25, -0.2) is 0 Å². The van der Waals surface area contributed by atoms with E-state index in [1.807, 2.05) is 0 Å². The van der Waals surface area contributed by atoms with Crippen molar-refractivity contribution in [2.45, 2.75) is 84.6 Å². The second kappa shape index (κ2) is 7.74. The maximum absolute atomic E-state index is 5.77. The van der Waals surface area contributed by atoms with Crippen molar-refractivity contribution in [3.8, 4) is 0 Å². The second-order valence-electron chi connectivity index (χ2n) is 10.6. The minimum absolute atomic E-state index is 0.614. The number of nitrogens with one attached hydrogen (secondary N) is 1. The molecule has 9 atom stereocenters. The van der Waals surface area contributed by atoms with Crippen molar-refractivity contribution in [3.63, 3.8) is 0 Å². The number of hydrogen-bond donors (Lipinski definition) is 1. The van der Waals surface area contributed by atoms with Crippen molar-refractivity contribution in [1.29, 1.82) is 0 Å². The van der Waals surface area contributed by atoms with Crippen molar-refractivity contribution >= 4 is 0 Å². The highest BCUT2D eigenvalue weighted by Gasteiger charge is 2.57. The predicted octanol–water partition coefficient (Wildman–Crippen LogP) is 5.52. The monoisotopic (exact) mass is 361 g/mol. The third-order valence-electron chi connectivity index (χ3n) is 9.75. The summed E-state index contributed by atoms with van der Waals surface area (Å²) in [6, 6.07) is 0.687. The van der Waals surface area contributed by atoms with E-state index >= 15 is 0 Å². The SMILES string of the molecule is CCOCC1CCC2C(CCC3C2CCC2(C)C(C(C)NC)CCC32)C1. The van der Waals surface area contributed by atoms with E-state index in [-0.39, 0.29) is 0 Å². The van der Waals surface area contributed by atoms with Crippen molar-refractivity contribution in [3.05, 3.63) is 0 Å².